The molecule has 6 nitrogen and oxygen atoms in total. The normalized spacial score (nSPS) is 11.1. The fraction of sp³-hybridized carbons (Fsp3) is 0.250. The van der Waals surface area contributed by atoms with Gasteiger partial charge >= 0.3 is 0 Å². The zero-order valence-corrected chi connectivity index (χ0v) is 18.3. The van der Waals surface area contributed by atoms with Crippen LogP contribution in [0, 0.1) is 6.92 Å². The van der Waals surface area contributed by atoms with Gasteiger partial charge in [-0.15, -0.1) is 0 Å². The van der Waals surface area contributed by atoms with Crippen molar-refractivity contribution in [1.82, 2.24) is 14.5 Å². The van der Waals surface area contributed by atoms with Gasteiger partial charge in [0.25, 0.3) is 5.91 Å². The molecule has 2 aromatic heterocycles. The van der Waals surface area contributed by atoms with Crippen LogP contribution in [0.15, 0.2) is 65.3 Å². The van der Waals surface area contributed by atoms with Crippen LogP contribution in [0.2, 0.25) is 5.02 Å². The van der Waals surface area contributed by atoms with Gasteiger partial charge in [-0.1, -0.05) is 23.7 Å². The second-order valence-electron chi connectivity index (χ2n) is 7.42. The molecule has 0 N–H and O–H groups in total. The summed E-state index contributed by atoms with van der Waals surface area (Å²) in [6.45, 7) is 3.63. The van der Waals surface area contributed by atoms with Crippen molar-refractivity contribution in [3.63, 3.8) is 0 Å². The van der Waals surface area contributed by atoms with Crippen LogP contribution in [-0.2, 0) is 13.1 Å². The van der Waals surface area contributed by atoms with Gasteiger partial charge in [-0.2, -0.15) is 0 Å². The Hall–Kier alpha value is -3.25. The highest BCUT2D eigenvalue weighted by Gasteiger charge is 2.18. The topological polar surface area (TPSA) is 60.5 Å². The van der Waals surface area contributed by atoms with E-state index in [-0.39, 0.29) is 5.91 Å². The van der Waals surface area contributed by atoms with E-state index in [1.807, 2.05) is 49.4 Å². The molecule has 31 heavy (non-hydrogen) atoms. The lowest BCUT2D eigenvalue weighted by Gasteiger charge is -2.17. The number of furan rings is 1. The van der Waals surface area contributed by atoms with Gasteiger partial charge in [0.1, 0.15) is 11.6 Å². The maximum Gasteiger partial charge on any atom is 0.289 e. The molecule has 0 unspecified atom stereocenters. The molecular formula is C24H24ClN3O3. The molecule has 0 saturated carbocycles. The third kappa shape index (κ3) is 4.75. The lowest BCUT2D eigenvalue weighted by atomic mass is 10.2. The van der Waals surface area contributed by atoms with Gasteiger partial charge in [-0.3, -0.25) is 4.79 Å². The van der Waals surface area contributed by atoms with Crippen molar-refractivity contribution in [2.75, 3.05) is 13.7 Å². The van der Waals surface area contributed by atoms with Crippen LogP contribution in [0.5, 0.6) is 5.75 Å². The lowest BCUT2D eigenvalue weighted by molar-refractivity contribution is 0.0748. The first-order valence-corrected chi connectivity index (χ1v) is 10.5. The maximum absolute atomic E-state index is 12.6. The van der Waals surface area contributed by atoms with Gasteiger partial charge in [-0.25, -0.2) is 4.98 Å². The fourth-order valence-corrected chi connectivity index (χ4v) is 3.61. The summed E-state index contributed by atoms with van der Waals surface area (Å²) in [7, 11) is 1.75. The number of hydrogen-bond donors (Lipinski definition) is 0. The molecule has 2 aromatic carbocycles. The van der Waals surface area contributed by atoms with Crippen LogP contribution < -0.4 is 4.74 Å². The van der Waals surface area contributed by atoms with Crippen LogP contribution in [0.25, 0.3) is 11.0 Å². The van der Waals surface area contributed by atoms with Crippen molar-refractivity contribution in [2.45, 2.75) is 26.4 Å². The first kappa shape index (κ1) is 21.0. The summed E-state index contributed by atoms with van der Waals surface area (Å²) in [4.78, 5) is 18.9. The minimum Gasteiger partial charge on any atom is -0.494 e. The number of imidazole rings is 1. The van der Waals surface area contributed by atoms with Gasteiger partial charge < -0.3 is 18.6 Å². The SMILES string of the molecule is Cc1cc(OCCCn2c(CN(C)C(=O)c3ccco3)nc3ccccc32)ccc1Cl. The summed E-state index contributed by atoms with van der Waals surface area (Å²) in [6.07, 6.45) is 2.30. The molecule has 0 aliphatic rings. The summed E-state index contributed by atoms with van der Waals surface area (Å²) in [5.74, 6) is 1.77. The zero-order valence-electron chi connectivity index (χ0n) is 17.5. The third-order valence-electron chi connectivity index (χ3n) is 5.12. The van der Waals surface area contributed by atoms with Crippen LogP contribution >= 0.6 is 11.6 Å². The Morgan fingerprint density at radius 3 is 2.81 bits per heavy atom. The molecule has 0 aliphatic carbocycles. The second-order valence-corrected chi connectivity index (χ2v) is 7.83. The van der Waals surface area contributed by atoms with E-state index in [9.17, 15) is 4.79 Å². The van der Waals surface area contributed by atoms with Crippen LogP contribution in [-0.4, -0.2) is 34.0 Å². The van der Waals surface area contributed by atoms with E-state index in [0.29, 0.717) is 18.9 Å². The highest BCUT2D eigenvalue weighted by atomic mass is 35.5. The number of halogens is 1. The minimum atomic E-state index is -0.176. The molecule has 4 rings (SSSR count). The Morgan fingerprint density at radius 1 is 1.19 bits per heavy atom. The number of carbonyl (C=O) groups excluding carboxylic acids is 1. The predicted octanol–water partition coefficient (Wildman–Crippen LogP) is 5.33. The van der Waals surface area contributed by atoms with Gasteiger partial charge in [-0.05, 0) is 61.4 Å². The fourth-order valence-electron chi connectivity index (χ4n) is 3.49. The number of ether oxygens (including phenoxy) is 1. The third-order valence-corrected chi connectivity index (χ3v) is 5.54. The number of amides is 1. The smallest absolute Gasteiger partial charge is 0.289 e. The number of rotatable bonds is 8. The van der Waals surface area contributed by atoms with Gasteiger partial charge in [0.15, 0.2) is 5.76 Å². The van der Waals surface area contributed by atoms with Crippen molar-refractivity contribution < 1.29 is 13.9 Å². The zero-order chi connectivity index (χ0) is 21.8. The number of fused-ring (bicyclic) bond motifs is 1. The summed E-state index contributed by atoms with van der Waals surface area (Å²) in [5, 5.41) is 0.732. The molecule has 0 aliphatic heterocycles. The van der Waals surface area contributed by atoms with Crippen molar-refractivity contribution >= 4 is 28.5 Å². The first-order valence-electron chi connectivity index (χ1n) is 10.1. The minimum absolute atomic E-state index is 0.176. The van der Waals surface area contributed by atoms with Crippen LogP contribution in [0.3, 0.4) is 0 Å². The number of carbonyl (C=O) groups is 1. The van der Waals surface area contributed by atoms with Gasteiger partial charge in [0.05, 0.1) is 30.4 Å². The number of benzene rings is 2. The molecule has 0 fully saturated rings. The molecule has 160 valence electrons. The molecule has 1 amide bonds. The molecule has 2 heterocycles. The summed E-state index contributed by atoms with van der Waals surface area (Å²) >= 11 is 6.08. The lowest BCUT2D eigenvalue weighted by Crippen LogP contribution is -2.27. The van der Waals surface area contributed by atoms with E-state index < -0.39 is 0 Å². The van der Waals surface area contributed by atoms with Gasteiger partial charge in [0, 0.05) is 18.6 Å². The van der Waals surface area contributed by atoms with Crippen molar-refractivity contribution in [2.24, 2.45) is 0 Å². The monoisotopic (exact) mass is 437 g/mol. The van der Waals surface area contributed by atoms with Crippen molar-refractivity contribution in [3.05, 3.63) is 83.0 Å². The van der Waals surface area contributed by atoms with E-state index in [2.05, 4.69) is 4.57 Å². The molecule has 7 heteroatoms. The Labute approximate surface area is 186 Å². The molecule has 0 radical (unpaired) electrons. The number of nitrogens with zero attached hydrogens (tertiary/aromatic N) is 3. The van der Waals surface area contributed by atoms with E-state index in [4.69, 9.17) is 25.7 Å². The number of aromatic nitrogens is 2. The number of para-hydroxylation sites is 2. The predicted molar refractivity (Wildman–Crippen MR) is 121 cm³/mol. The molecule has 0 atom stereocenters. The summed E-state index contributed by atoms with van der Waals surface area (Å²) in [5.41, 5.74) is 2.94. The standard InChI is InChI=1S/C24H24ClN3O3/c1-17-15-18(10-11-19(17)25)30-14-6-12-28-21-8-4-3-7-20(21)26-23(28)16-27(2)24(29)22-9-5-13-31-22/h3-5,7-11,13,15H,6,12,14,16H2,1-2H3. The Balaban J connectivity index is 1.46. The number of hydrogen-bond acceptors (Lipinski definition) is 4. The Bertz CT molecular complexity index is 1180. The molecule has 4 aromatic rings. The average molecular weight is 438 g/mol. The molecule has 0 saturated heterocycles. The van der Waals surface area contributed by atoms with E-state index >= 15 is 0 Å². The quantitative estimate of drug-likeness (QED) is 0.349. The highest BCUT2D eigenvalue weighted by Crippen LogP contribution is 2.22. The molecule has 0 spiro atoms. The molecule has 0 bridgehead atoms. The average Bonchev–Trinajstić information content (AvgIpc) is 3.41. The van der Waals surface area contributed by atoms with E-state index in [0.717, 1.165) is 46.2 Å². The van der Waals surface area contributed by atoms with Crippen molar-refractivity contribution in [1.29, 1.82) is 0 Å². The van der Waals surface area contributed by atoms with E-state index in [1.165, 1.54) is 6.26 Å². The Morgan fingerprint density at radius 2 is 2.03 bits per heavy atom. The highest BCUT2D eigenvalue weighted by molar-refractivity contribution is 6.31. The van der Waals surface area contributed by atoms with E-state index in [1.54, 1.807) is 24.1 Å². The van der Waals surface area contributed by atoms with Crippen molar-refractivity contribution in [3.8, 4) is 5.75 Å². The molecular weight excluding hydrogens is 414 g/mol. The maximum atomic E-state index is 12.6. The largest absolute Gasteiger partial charge is 0.494 e. The summed E-state index contributed by atoms with van der Waals surface area (Å²) < 4.78 is 13.3. The Kier molecular flexibility index (Phi) is 6.28. The van der Waals surface area contributed by atoms with Crippen LogP contribution in [0.4, 0.5) is 0 Å². The summed E-state index contributed by atoms with van der Waals surface area (Å²) in [6, 6.07) is 17.0. The second kappa shape index (κ2) is 9.27. The van der Waals surface area contributed by atoms with Crippen LogP contribution in [0.1, 0.15) is 28.4 Å². The number of aryl methyl sites for hydroxylation is 2. The van der Waals surface area contributed by atoms with Gasteiger partial charge in [0.2, 0.25) is 0 Å². The first-order chi connectivity index (χ1) is 15.0.